The Labute approximate surface area is 107 Å². The molecule has 1 aromatic rings. The number of halogens is 3. The Morgan fingerprint density at radius 2 is 2.26 bits per heavy atom. The number of rotatable bonds is 4. The van der Waals surface area contributed by atoms with Crippen molar-refractivity contribution in [2.24, 2.45) is 0 Å². The number of methoxy groups -OCH3 is 1. The number of cyclic esters (lactones) is 1. The predicted molar refractivity (Wildman–Crippen MR) is 60.9 cm³/mol. The smallest absolute Gasteiger partial charge is 0.377 e. The molecule has 7 heteroatoms. The summed E-state index contributed by atoms with van der Waals surface area (Å²) in [6, 6.07) is 3.79. The van der Waals surface area contributed by atoms with E-state index < -0.39 is 30.2 Å². The van der Waals surface area contributed by atoms with Crippen molar-refractivity contribution in [2.45, 2.75) is 18.4 Å². The molecule has 0 aliphatic carbocycles. The molecule has 1 aliphatic rings. The molecule has 19 heavy (non-hydrogen) atoms. The lowest BCUT2D eigenvalue weighted by Gasteiger charge is -2.14. The number of hydrogen-bond donors (Lipinski definition) is 1. The number of hydrogen-bond acceptors (Lipinski definition) is 4. The third-order valence-corrected chi connectivity index (χ3v) is 2.74. The molecule has 1 aromatic carbocycles. The molecule has 0 amide bonds. The van der Waals surface area contributed by atoms with Gasteiger partial charge in [0.2, 0.25) is 0 Å². The fourth-order valence-corrected chi connectivity index (χ4v) is 1.80. The molecule has 1 atom stereocenters. The molecule has 0 aromatic heterocycles. The van der Waals surface area contributed by atoms with E-state index >= 15 is 0 Å². The van der Waals surface area contributed by atoms with Gasteiger partial charge < -0.3 is 14.8 Å². The highest BCUT2D eigenvalue weighted by Gasteiger charge is 2.50. The van der Waals surface area contributed by atoms with E-state index in [0.29, 0.717) is 5.69 Å². The van der Waals surface area contributed by atoms with Gasteiger partial charge in [-0.3, -0.25) is 0 Å². The van der Waals surface area contributed by atoms with Crippen molar-refractivity contribution in [1.29, 1.82) is 0 Å². The molecule has 104 valence electrons. The largest absolute Gasteiger partial charge is 0.494 e. The average Bonchev–Trinajstić information content (AvgIpc) is 2.61. The van der Waals surface area contributed by atoms with E-state index in [1.165, 1.54) is 19.2 Å². The van der Waals surface area contributed by atoms with Crippen molar-refractivity contribution in [2.75, 3.05) is 19.0 Å². The van der Waals surface area contributed by atoms with Crippen LogP contribution in [0.3, 0.4) is 0 Å². The standard InChI is InChI=1S/C12H12F3NO3/c1-18-10-4-7(13)2-3-9(10)16-6-8-5-12(14,15)11(17)19-8/h2-4,8,16H,5-6H2,1H3. The van der Waals surface area contributed by atoms with Crippen LogP contribution in [-0.4, -0.2) is 31.7 Å². The number of benzene rings is 1. The maximum Gasteiger partial charge on any atom is 0.377 e. The van der Waals surface area contributed by atoms with E-state index in [0.717, 1.165) is 6.07 Å². The lowest BCUT2D eigenvalue weighted by Crippen LogP contribution is -2.22. The predicted octanol–water partition coefficient (Wildman–Crippen LogP) is 2.20. The molecule has 0 bridgehead atoms. The summed E-state index contributed by atoms with van der Waals surface area (Å²) in [7, 11) is 1.36. The fraction of sp³-hybridized carbons (Fsp3) is 0.417. The van der Waals surface area contributed by atoms with Crippen LogP contribution in [0.5, 0.6) is 5.75 Å². The van der Waals surface area contributed by atoms with E-state index in [4.69, 9.17) is 4.74 Å². The van der Waals surface area contributed by atoms with Gasteiger partial charge in [0.15, 0.2) is 0 Å². The van der Waals surface area contributed by atoms with Crippen LogP contribution in [0, 0.1) is 5.82 Å². The highest BCUT2D eigenvalue weighted by atomic mass is 19.3. The SMILES string of the molecule is COc1cc(F)ccc1NCC1CC(F)(F)C(=O)O1. The Bertz CT molecular complexity index is 493. The number of esters is 1. The van der Waals surface area contributed by atoms with Gasteiger partial charge in [-0.2, -0.15) is 8.78 Å². The third-order valence-electron chi connectivity index (χ3n) is 2.74. The van der Waals surface area contributed by atoms with E-state index in [-0.39, 0.29) is 12.3 Å². The van der Waals surface area contributed by atoms with Gasteiger partial charge in [-0.1, -0.05) is 0 Å². The van der Waals surface area contributed by atoms with Crippen molar-refractivity contribution in [3.05, 3.63) is 24.0 Å². The topological polar surface area (TPSA) is 47.6 Å². The molecule has 0 spiro atoms. The first kappa shape index (κ1) is 13.5. The number of nitrogens with one attached hydrogen (secondary N) is 1. The zero-order valence-corrected chi connectivity index (χ0v) is 10.1. The summed E-state index contributed by atoms with van der Waals surface area (Å²) in [5.74, 6) is -5.16. The average molecular weight is 275 g/mol. The summed E-state index contributed by atoms with van der Waals surface area (Å²) in [6.07, 6.45) is -1.58. The van der Waals surface area contributed by atoms with Crippen LogP contribution in [0.25, 0.3) is 0 Å². The minimum absolute atomic E-state index is 0.00330. The van der Waals surface area contributed by atoms with Gasteiger partial charge in [-0.05, 0) is 12.1 Å². The number of ether oxygens (including phenoxy) is 2. The second-order valence-electron chi connectivity index (χ2n) is 4.16. The van der Waals surface area contributed by atoms with E-state index in [9.17, 15) is 18.0 Å². The second kappa shape index (κ2) is 4.99. The molecule has 1 unspecified atom stereocenters. The molecule has 4 nitrogen and oxygen atoms in total. The van der Waals surface area contributed by atoms with Crippen molar-refractivity contribution < 1.29 is 27.4 Å². The zero-order valence-electron chi connectivity index (χ0n) is 10.1. The Kier molecular flexibility index (Phi) is 3.55. The summed E-state index contributed by atoms with van der Waals surface area (Å²) in [6.45, 7) is 0.00330. The van der Waals surface area contributed by atoms with Gasteiger partial charge in [-0.15, -0.1) is 0 Å². The molecular weight excluding hydrogens is 263 g/mol. The highest BCUT2D eigenvalue weighted by Crippen LogP contribution is 2.32. The van der Waals surface area contributed by atoms with E-state index in [1.54, 1.807) is 0 Å². The third kappa shape index (κ3) is 2.91. The maximum absolute atomic E-state index is 13.0. The number of carbonyl (C=O) groups is 1. The maximum atomic E-state index is 13.0. The summed E-state index contributed by atoms with van der Waals surface area (Å²) >= 11 is 0. The molecule has 1 heterocycles. The lowest BCUT2D eigenvalue weighted by molar-refractivity contribution is -0.158. The van der Waals surface area contributed by atoms with Crippen LogP contribution in [0.2, 0.25) is 0 Å². The molecular formula is C12H12F3NO3. The van der Waals surface area contributed by atoms with Crippen LogP contribution < -0.4 is 10.1 Å². The van der Waals surface area contributed by atoms with Gasteiger partial charge in [0.25, 0.3) is 0 Å². The zero-order chi connectivity index (χ0) is 14.0. The number of carbonyl (C=O) groups excluding carboxylic acids is 1. The second-order valence-corrected chi connectivity index (χ2v) is 4.16. The Balaban J connectivity index is 1.98. The summed E-state index contributed by atoms with van der Waals surface area (Å²) in [5, 5.41) is 2.79. The van der Waals surface area contributed by atoms with Gasteiger partial charge in [0.05, 0.1) is 25.8 Å². The van der Waals surface area contributed by atoms with E-state index in [2.05, 4.69) is 10.1 Å². The highest BCUT2D eigenvalue weighted by molar-refractivity contribution is 5.79. The summed E-state index contributed by atoms with van der Waals surface area (Å²) < 4.78 is 48.3. The van der Waals surface area contributed by atoms with Crippen molar-refractivity contribution in [3.63, 3.8) is 0 Å². The quantitative estimate of drug-likeness (QED) is 0.856. The van der Waals surface area contributed by atoms with Crippen LogP contribution in [0.15, 0.2) is 18.2 Å². The first-order valence-electron chi connectivity index (χ1n) is 5.58. The van der Waals surface area contributed by atoms with Crippen molar-refractivity contribution >= 4 is 11.7 Å². The van der Waals surface area contributed by atoms with Crippen molar-refractivity contribution in [3.8, 4) is 5.75 Å². The summed E-state index contributed by atoms with van der Waals surface area (Å²) in [4.78, 5) is 10.8. The first-order chi connectivity index (χ1) is 8.92. The van der Waals surface area contributed by atoms with Crippen molar-refractivity contribution in [1.82, 2.24) is 0 Å². The van der Waals surface area contributed by atoms with Gasteiger partial charge in [0.1, 0.15) is 17.7 Å². The van der Waals surface area contributed by atoms with E-state index in [1.807, 2.05) is 0 Å². The van der Waals surface area contributed by atoms with Gasteiger partial charge in [-0.25, -0.2) is 9.18 Å². The van der Waals surface area contributed by atoms with Crippen LogP contribution in [0.4, 0.5) is 18.9 Å². The number of alkyl halides is 2. The minimum atomic E-state index is -3.43. The van der Waals surface area contributed by atoms with Crippen LogP contribution in [-0.2, 0) is 9.53 Å². The molecule has 1 N–H and O–H groups in total. The van der Waals surface area contributed by atoms with Crippen LogP contribution >= 0.6 is 0 Å². The normalized spacial score (nSPS) is 21.1. The Hall–Kier alpha value is -1.92. The van der Waals surface area contributed by atoms with Crippen LogP contribution in [0.1, 0.15) is 6.42 Å². The lowest BCUT2D eigenvalue weighted by atomic mass is 10.2. The molecule has 1 fully saturated rings. The molecule has 0 radical (unpaired) electrons. The minimum Gasteiger partial charge on any atom is -0.494 e. The molecule has 0 saturated carbocycles. The molecule has 1 aliphatic heterocycles. The molecule has 1 saturated heterocycles. The first-order valence-corrected chi connectivity index (χ1v) is 5.58. The monoisotopic (exact) mass is 275 g/mol. The molecule has 2 rings (SSSR count). The fourth-order valence-electron chi connectivity index (χ4n) is 1.80. The van der Waals surface area contributed by atoms with Gasteiger partial charge >= 0.3 is 11.9 Å². The number of anilines is 1. The summed E-state index contributed by atoms with van der Waals surface area (Å²) in [5.41, 5.74) is 0.440. The van der Waals surface area contributed by atoms with Gasteiger partial charge in [0, 0.05) is 6.07 Å². The Morgan fingerprint density at radius 3 is 2.84 bits per heavy atom. The Morgan fingerprint density at radius 1 is 1.53 bits per heavy atom.